The second kappa shape index (κ2) is 6.76. The van der Waals surface area contributed by atoms with Gasteiger partial charge in [-0.2, -0.15) is 0 Å². The summed E-state index contributed by atoms with van der Waals surface area (Å²) < 4.78 is 54.1. The van der Waals surface area contributed by atoms with Gasteiger partial charge in [-0.25, -0.2) is 17.2 Å². The molecule has 3 rings (SSSR count). The van der Waals surface area contributed by atoms with Crippen LogP contribution < -0.4 is 0 Å². The Morgan fingerprint density at radius 2 is 1.64 bits per heavy atom. The van der Waals surface area contributed by atoms with Crippen LogP contribution in [0.25, 0.3) is 22.4 Å². The Bertz CT molecular complexity index is 965. The average molecular weight is 363 g/mol. The molecule has 0 aliphatic heterocycles. The van der Waals surface area contributed by atoms with Gasteiger partial charge < -0.3 is 4.52 Å². The zero-order chi connectivity index (χ0) is 18.0. The maximum absolute atomic E-state index is 12.9. The van der Waals surface area contributed by atoms with Crippen LogP contribution in [0.4, 0.5) is 8.78 Å². The van der Waals surface area contributed by atoms with Crippen LogP contribution in [0.2, 0.25) is 0 Å². The monoisotopic (exact) mass is 363 g/mol. The summed E-state index contributed by atoms with van der Waals surface area (Å²) in [6, 6.07) is 15.1. The molecule has 1 aromatic heterocycles. The number of hydrogen-bond donors (Lipinski definition) is 0. The van der Waals surface area contributed by atoms with Crippen molar-refractivity contribution in [2.75, 3.05) is 6.26 Å². The van der Waals surface area contributed by atoms with Crippen LogP contribution >= 0.6 is 0 Å². The van der Waals surface area contributed by atoms with Gasteiger partial charge in [0, 0.05) is 11.8 Å². The first-order valence-electron chi connectivity index (χ1n) is 7.49. The van der Waals surface area contributed by atoms with Gasteiger partial charge in [0.15, 0.2) is 15.6 Å². The Hall–Kier alpha value is -2.54. The molecule has 0 aliphatic carbocycles. The third kappa shape index (κ3) is 3.76. The number of nitrogens with zero attached hydrogens (tertiary/aromatic N) is 1. The van der Waals surface area contributed by atoms with Crippen LogP contribution in [-0.2, 0) is 16.3 Å². The lowest BCUT2D eigenvalue weighted by molar-refractivity contribution is 0.138. The predicted molar refractivity (Wildman–Crippen MR) is 90.2 cm³/mol. The Kier molecular flexibility index (Phi) is 4.67. The minimum Gasteiger partial charge on any atom is -0.360 e. The van der Waals surface area contributed by atoms with Crippen molar-refractivity contribution in [2.45, 2.75) is 17.7 Å². The Morgan fingerprint density at radius 3 is 2.20 bits per heavy atom. The zero-order valence-electron chi connectivity index (χ0n) is 13.3. The van der Waals surface area contributed by atoms with Crippen molar-refractivity contribution in [3.05, 3.63) is 60.4 Å². The number of rotatable bonds is 5. The average Bonchev–Trinajstić information content (AvgIpc) is 2.98. The fourth-order valence-electron chi connectivity index (χ4n) is 2.56. The number of sulfone groups is 1. The van der Waals surface area contributed by atoms with Gasteiger partial charge in [-0.05, 0) is 17.7 Å². The van der Waals surface area contributed by atoms with Gasteiger partial charge in [0.2, 0.25) is 6.43 Å². The van der Waals surface area contributed by atoms with Crippen molar-refractivity contribution in [1.82, 2.24) is 5.16 Å². The molecular formula is C18H15F2NO3S. The van der Waals surface area contributed by atoms with Crippen LogP contribution in [0.3, 0.4) is 0 Å². The molecule has 4 nitrogen and oxygen atoms in total. The summed E-state index contributed by atoms with van der Waals surface area (Å²) in [6.07, 6.45) is -2.03. The fraction of sp³-hybridized carbons (Fsp3) is 0.167. The van der Waals surface area contributed by atoms with Crippen LogP contribution in [0.1, 0.15) is 5.76 Å². The van der Waals surface area contributed by atoms with E-state index < -0.39 is 22.7 Å². The first-order chi connectivity index (χ1) is 11.9. The molecule has 2 aromatic carbocycles. The highest BCUT2D eigenvalue weighted by atomic mass is 32.2. The minimum absolute atomic E-state index is 0.0703. The first-order valence-corrected chi connectivity index (χ1v) is 9.38. The summed E-state index contributed by atoms with van der Waals surface area (Å²) in [5.74, 6) is 0.0703. The van der Waals surface area contributed by atoms with Crippen LogP contribution in [-0.4, -0.2) is 26.3 Å². The van der Waals surface area contributed by atoms with Crippen molar-refractivity contribution in [3.8, 4) is 22.4 Å². The lowest BCUT2D eigenvalue weighted by Gasteiger charge is -2.06. The summed E-state index contributed by atoms with van der Waals surface area (Å²) in [7, 11) is -3.34. The number of benzene rings is 2. The van der Waals surface area contributed by atoms with E-state index in [1.165, 1.54) is 12.1 Å². The van der Waals surface area contributed by atoms with Crippen LogP contribution in [0.15, 0.2) is 64.0 Å². The van der Waals surface area contributed by atoms with E-state index in [0.717, 1.165) is 11.8 Å². The van der Waals surface area contributed by atoms with Crippen molar-refractivity contribution in [3.63, 3.8) is 0 Å². The predicted octanol–water partition coefficient (Wildman–Crippen LogP) is 4.22. The third-order valence-corrected chi connectivity index (χ3v) is 4.85. The van der Waals surface area contributed by atoms with E-state index in [1.807, 2.05) is 18.2 Å². The third-order valence-electron chi connectivity index (χ3n) is 3.72. The number of aromatic nitrogens is 1. The summed E-state index contributed by atoms with van der Waals surface area (Å²) in [4.78, 5) is 0.157. The van der Waals surface area contributed by atoms with E-state index in [0.29, 0.717) is 16.8 Å². The normalized spacial score (nSPS) is 11.8. The van der Waals surface area contributed by atoms with Gasteiger partial charge in [0.1, 0.15) is 5.69 Å². The minimum atomic E-state index is -3.34. The van der Waals surface area contributed by atoms with E-state index in [1.54, 1.807) is 24.3 Å². The molecule has 0 aliphatic rings. The fourth-order valence-corrected chi connectivity index (χ4v) is 3.19. The van der Waals surface area contributed by atoms with Gasteiger partial charge in [-0.3, -0.25) is 0 Å². The van der Waals surface area contributed by atoms with Gasteiger partial charge in [-0.15, -0.1) is 0 Å². The van der Waals surface area contributed by atoms with Gasteiger partial charge in [0.05, 0.1) is 16.9 Å². The zero-order valence-corrected chi connectivity index (χ0v) is 14.1. The topological polar surface area (TPSA) is 60.2 Å². The standard InChI is InChI=1S/C18H15F2NO3S/c1-25(22,23)14-9-7-12(8-10-14)17-15(11-16(19)20)24-21-18(17)13-5-3-2-4-6-13/h2-10,16H,11H2,1H3. The molecule has 130 valence electrons. The van der Waals surface area contributed by atoms with Gasteiger partial charge >= 0.3 is 0 Å². The van der Waals surface area contributed by atoms with E-state index in [2.05, 4.69) is 5.16 Å². The molecular weight excluding hydrogens is 348 g/mol. The smallest absolute Gasteiger partial charge is 0.245 e. The second-order valence-electron chi connectivity index (χ2n) is 5.59. The molecule has 0 saturated carbocycles. The quantitative estimate of drug-likeness (QED) is 0.681. The molecule has 0 radical (unpaired) electrons. The molecule has 0 bridgehead atoms. The second-order valence-corrected chi connectivity index (χ2v) is 7.60. The molecule has 25 heavy (non-hydrogen) atoms. The lowest BCUT2D eigenvalue weighted by Crippen LogP contribution is -1.98. The maximum Gasteiger partial charge on any atom is 0.245 e. The van der Waals surface area contributed by atoms with Crippen molar-refractivity contribution in [2.24, 2.45) is 0 Å². The maximum atomic E-state index is 12.9. The molecule has 0 atom stereocenters. The van der Waals surface area contributed by atoms with E-state index in [9.17, 15) is 17.2 Å². The SMILES string of the molecule is CS(=O)(=O)c1ccc(-c2c(-c3ccccc3)noc2CC(F)F)cc1. The highest BCUT2D eigenvalue weighted by Gasteiger charge is 2.22. The van der Waals surface area contributed by atoms with Crippen molar-refractivity contribution >= 4 is 9.84 Å². The highest BCUT2D eigenvalue weighted by Crippen LogP contribution is 2.35. The molecule has 1 heterocycles. The van der Waals surface area contributed by atoms with Crippen LogP contribution in [0, 0.1) is 0 Å². The van der Waals surface area contributed by atoms with E-state index >= 15 is 0 Å². The molecule has 0 N–H and O–H groups in total. The summed E-state index contributed by atoms with van der Waals surface area (Å²) in [6.45, 7) is 0. The highest BCUT2D eigenvalue weighted by molar-refractivity contribution is 7.90. The number of alkyl halides is 2. The van der Waals surface area contributed by atoms with Crippen LogP contribution in [0.5, 0.6) is 0 Å². The largest absolute Gasteiger partial charge is 0.360 e. The summed E-state index contributed by atoms with van der Waals surface area (Å²) in [5, 5.41) is 3.96. The number of hydrogen-bond acceptors (Lipinski definition) is 4. The molecule has 0 amide bonds. The molecule has 0 fully saturated rings. The lowest BCUT2D eigenvalue weighted by atomic mass is 9.98. The van der Waals surface area contributed by atoms with Gasteiger partial charge in [-0.1, -0.05) is 47.6 Å². The van der Waals surface area contributed by atoms with E-state index in [4.69, 9.17) is 4.52 Å². The molecule has 0 spiro atoms. The summed E-state index contributed by atoms with van der Waals surface area (Å²) >= 11 is 0. The van der Waals surface area contributed by atoms with Crippen molar-refractivity contribution in [1.29, 1.82) is 0 Å². The Labute approximate surface area is 144 Å². The summed E-state index contributed by atoms with van der Waals surface area (Å²) in [5.41, 5.74) is 2.20. The Balaban J connectivity index is 2.14. The Morgan fingerprint density at radius 1 is 1.00 bits per heavy atom. The molecule has 3 aromatic rings. The van der Waals surface area contributed by atoms with E-state index in [-0.39, 0.29) is 10.7 Å². The molecule has 0 saturated heterocycles. The first kappa shape index (κ1) is 17.3. The molecule has 0 unspecified atom stereocenters. The molecule has 7 heteroatoms. The van der Waals surface area contributed by atoms with Crippen molar-refractivity contribution < 1.29 is 21.7 Å². The number of halogens is 2. The van der Waals surface area contributed by atoms with Gasteiger partial charge in [0.25, 0.3) is 0 Å².